The first-order chi connectivity index (χ1) is 18.7. The number of piperidine rings is 1. The summed E-state index contributed by atoms with van der Waals surface area (Å²) < 4.78 is 45.1. The van der Waals surface area contributed by atoms with Crippen molar-refractivity contribution in [2.24, 2.45) is 0 Å². The van der Waals surface area contributed by atoms with Crippen LogP contribution >= 0.6 is 0 Å². The number of carbonyl (C=O) groups is 1. The Labute approximate surface area is 229 Å². The van der Waals surface area contributed by atoms with Gasteiger partial charge in [-0.15, -0.1) is 0 Å². The highest BCUT2D eigenvalue weighted by atomic mass is 19.3. The quantitative estimate of drug-likeness (QED) is 0.329. The molecule has 1 atom stereocenters. The number of anilines is 1. The van der Waals surface area contributed by atoms with Crippen LogP contribution in [-0.2, 0) is 17.1 Å². The lowest BCUT2D eigenvalue weighted by Gasteiger charge is -2.31. The van der Waals surface area contributed by atoms with Crippen molar-refractivity contribution >= 4 is 22.6 Å². The highest BCUT2D eigenvalue weighted by Crippen LogP contribution is 2.41. The van der Waals surface area contributed by atoms with Gasteiger partial charge in [-0.05, 0) is 45.7 Å². The third kappa shape index (κ3) is 5.68. The molecule has 3 heterocycles. The Morgan fingerprint density at radius 2 is 1.93 bits per heavy atom. The van der Waals surface area contributed by atoms with Crippen LogP contribution in [-0.4, -0.2) is 61.3 Å². The summed E-state index contributed by atoms with van der Waals surface area (Å²) in [5, 5.41) is 23.1. The summed E-state index contributed by atoms with van der Waals surface area (Å²) in [4.78, 5) is 37.5. The van der Waals surface area contributed by atoms with Crippen LogP contribution in [0.3, 0.4) is 0 Å². The van der Waals surface area contributed by atoms with E-state index < -0.39 is 34.6 Å². The Morgan fingerprint density at radius 3 is 2.52 bits per heavy atom. The number of hydrogen-bond acceptors (Lipinski definition) is 7. The van der Waals surface area contributed by atoms with Crippen LogP contribution in [0.1, 0.15) is 75.0 Å². The number of aromatic nitrogens is 3. The molecule has 1 fully saturated rings. The fourth-order valence-corrected chi connectivity index (χ4v) is 5.08. The van der Waals surface area contributed by atoms with Crippen LogP contribution in [0.25, 0.3) is 10.9 Å². The Bertz CT molecular complexity index is 1460. The van der Waals surface area contributed by atoms with E-state index in [9.17, 15) is 28.6 Å². The van der Waals surface area contributed by atoms with Gasteiger partial charge in [-0.25, -0.2) is 9.18 Å². The van der Waals surface area contributed by atoms with Gasteiger partial charge in [0.1, 0.15) is 17.2 Å². The van der Waals surface area contributed by atoms with Gasteiger partial charge in [0.05, 0.1) is 22.8 Å². The molecule has 12 heteroatoms. The highest BCUT2D eigenvalue weighted by Gasteiger charge is 2.49. The Balaban J connectivity index is 1.75. The van der Waals surface area contributed by atoms with Gasteiger partial charge in [0.15, 0.2) is 0 Å². The van der Waals surface area contributed by atoms with E-state index in [-0.39, 0.29) is 36.2 Å². The monoisotopic (exact) mass is 561 g/mol. The molecule has 40 heavy (non-hydrogen) atoms. The topological polar surface area (TPSA) is 131 Å². The fourth-order valence-electron chi connectivity index (χ4n) is 5.08. The van der Waals surface area contributed by atoms with Crippen LogP contribution < -0.4 is 11.0 Å². The molecular formula is C28H34F3N5O4. The van der Waals surface area contributed by atoms with E-state index in [0.717, 1.165) is 19.9 Å². The van der Waals surface area contributed by atoms with Gasteiger partial charge in [-0.1, -0.05) is 12.1 Å². The second-order valence-corrected chi connectivity index (χ2v) is 10.8. The van der Waals surface area contributed by atoms with E-state index in [1.54, 1.807) is 17.9 Å². The first-order valence-electron chi connectivity index (χ1n) is 13.2. The molecule has 1 saturated heterocycles. The zero-order valence-corrected chi connectivity index (χ0v) is 22.9. The molecule has 216 valence electrons. The maximum Gasteiger partial charge on any atom is 0.347 e. The van der Waals surface area contributed by atoms with E-state index in [4.69, 9.17) is 4.98 Å². The molecule has 1 aromatic carbocycles. The maximum atomic E-state index is 15.4. The molecule has 0 unspecified atom stereocenters. The standard InChI is InChI=1S/C28H34F3N5O4/c1-15(18-6-5-7-20(23(18)29)28(30,31)27(3,4)40)32-25-19-14-22(17-8-11-36(12-9-17)16(2)38)33-21(10-13-37)24(19)34-26(39)35-25/h5-7,14-15,17,37,40H,8-13H2,1-4H3,(H2,32,34,35,39)/t15-/m1/s1. The number of nitrogens with zero attached hydrogens (tertiary/aromatic N) is 3. The Morgan fingerprint density at radius 1 is 1.25 bits per heavy atom. The second-order valence-electron chi connectivity index (χ2n) is 10.8. The third-order valence-electron chi connectivity index (χ3n) is 7.48. The van der Waals surface area contributed by atoms with Crippen LogP contribution in [0, 0.1) is 5.82 Å². The van der Waals surface area contributed by atoms with Gasteiger partial charge in [-0.3, -0.25) is 9.78 Å². The molecule has 0 saturated carbocycles. The van der Waals surface area contributed by atoms with Crippen molar-refractivity contribution in [2.75, 3.05) is 25.0 Å². The van der Waals surface area contributed by atoms with Crippen LogP contribution in [0.5, 0.6) is 0 Å². The number of alkyl halides is 2. The predicted octanol–water partition coefficient (Wildman–Crippen LogP) is 3.75. The average molecular weight is 562 g/mol. The predicted molar refractivity (Wildman–Crippen MR) is 144 cm³/mol. The zero-order valence-electron chi connectivity index (χ0n) is 22.9. The molecule has 1 amide bonds. The van der Waals surface area contributed by atoms with Crippen molar-refractivity contribution in [1.29, 1.82) is 0 Å². The molecule has 4 rings (SSSR count). The summed E-state index contributed by atoms with van der Waals surface area (Å²) in [6.07, 6.45) is 1.52. The van der Waals surface area contributed by atoms with Gasteiger partial charge in [0, 0.05) is 55.6 Å². The number of aliphatic hydroxyl groups excluding tert-OH is 1. The van der Waals surface area contributed by atoms with Gasteiger partial charge in [0.2, 0.25) is 5.91 Å². The van der Waals surface area contributed by atoms with Gasteiger partial charge in [-0.2, -0.15) is 13.8 Å². The number of carbonyl (C=O) groups excluding carboxylic acids is 1. The molecule has 2 aromatic heterocycles. The molecule has 0 bridgehead atoms. The Hall–Kier alpha value is -3.51. The van der Waals surface area contributed by atoms with Crippen molar-refractivity contribution in [3.63, 3.8) is 0 Å². The minimum atomic E-state index is -3.86. The van der Waals surface area contributed by atoms with E-state index in [1.165, 1.54) is 19.1 Å². The van der Waals surface area contributed by atoms with Crippen molar-refractivity contribution in [1.82, 2.24) is 19.9 Å². The van der Waals surface area contributed by atoms with Crippen LogP contribution in [0.4, 0.5) is 19.0 Å². The summed E-state index contributed by atoms with van der Waals surface area (Å²) in [7, 11) is 0. The van der Waals surface area contributed by atoms with Crippen molar-refractivity contribution in [3.8, 4) is 0 Å². The maximum absolute atomic E-state index is 15.4. The summed E-state index contributed by atoms with van der Waals surface area (Å²) in [5.41, 5.74) is -2.72. The molecule has 9 nitrogen and oxygen atoms in total. The SMILES string of the molecule is CC(=O)N1CCC(c2cc3c(N[C@H](C)c4cccc(C(F)(F)C(C)(C)O)c4F)nc(=O)[nH]c3c(CCO)n2)CC1. The minimum absolute atomic E-state index is 0.00440. The summed E-state index contributed by atoms with van der Waals surface area (Å²) >= 11 is 0. The number of aliphatic hydroxyl groups is 2. The van der Waals surface area contributed by atoms with E-state index >= 15 is 4.39 Å². The lowest BCUT2D eigenvalue weighted by Crippen LogP contribution is -2.41. The third-order valence-corrected chi connectivity index (χ3v) is 7.48. The van der Waals surface area contributed by atoms with Crippen molar-refractivity contribution in [2.45, 2.75) is 70.4 Å². The minimum Gasteiger partial charge on any atom is -0.396 e. The van der Waals surface area contributed by atoms with Gasteiger partial charge < -0.3 is 25.4 Å². The van der Waals surface area contributed by atoms with Gasteiger partial charge in [0.25, 0.3) is 0 Å². The number of aromatic amines is 1. The van der Waals surface area contributed by atoms with E-state index in [2.05, 4.69) is 15.3 Å². The number of pyridine rings is 1. The van der Waals surface area contributed by atoms with Crippen LogP contribution in [0.15, 0.2) is 29.1 Å². The normalized spacial score (nSPS) is 15.9. The number of hydrogen-bond donors (Lipinski definition) is 4. The number of nitrogens with one attached hydrogen (secondary N) is 2. The highest BCUT2D eigenvalue weighted by molar-refractivity contribution is 5.90. The average Bonchev–Trinajstić information content (AvgIpc) is 2.88. The van der Waals surface area contributed by atoms with Crippen molar-refractivity contribution in [3.05, 3.63) is 63.1 Å². The lowest BCUT2D eigenvalue weighted by molar-refractivity contribution is -0.170. The number of halogens is 3. The first-order valence-corrected chi connectivity index (χ1v) is 13.2. The number of benzene rings is 1. The molecule has 0 radical (unpaired) electrons. The molecule has 0 aliphatic carbocycles. The molecule has 4 N–H and O–H groups in total. The number of fused-ring (bicyclic) bond motifs is 1. The number of rotatable bonds is 8. The molecular weight excluding hydrogens is 527 g/mol. The summed E-state index contributed by atoms with van der Waals surface area (Å²) in [6.45, 7) is 5.83. The first kappa shape index (κ1) is 29.5. The number of amides is 1. The van der Waals surface area contributed by atoms with E-state index in [0.29, 0.717) is 48.2 Å². The number of likely N-dealkylation sites (tertiary alicyclic amines) is 1. The second kappa shape index (κ2) is 11.2. The van der Waals surface area contributed by atoms with E-state index in [1.807, 2.05) is 0 Å². The molecule has 3 aromatic rings. The zero-order chi connectivity index (χ0) is 29.4. The molecule has 1 aliphatic heterocycles. The number of H-pyrrole nitrogens is 1. The van der Waals surface area contributed by atoms with Crippen LogP contribution in [0.2, 0.25) is 0 Å². The molecule has 0 spiro atoms. The summed E-state index contributed by atoms with van der Waals surface area (Å²) in [6, 6.07) is 4.44. The van der Waals surface area contributed by atoms with Crippen molar-refractivity contribution < 1.29 is 28.2 Å². The Kier molecular flexibility index (Phi) is 8.23. The fraction of sp³-hybridized carbons (Fsp3) is 0.500. The summed E-state index contributed by atoms with van der Waals surface area (Å²) in [5.74, 6) is -4.91. The largest absolute Gasteiger partial charge is 0.396 e. The smallest absolute Gasteiger partial charge is 0.347 e. The lowest BCUT2D eigenvalue weighted by atomic mass is 9.90. The van der Waals surface area contributed by atoms with Gasteiger partial charge >= 0.3 is 11.6 Å². The molecule has 1 aliphatic rings.